The van der Waals surface area contributed by atoms with Crippen LogP contribution in [-0.4, -0.2) is 35.3 Å². The van der Waals surface area contributed by atoms with Crippen molar-refractivity contribution in [3.05, 3.63) is 18.0 Å². The van der Waals surface area contributed by atoms with Crippen LogP contribution in [-0.2, 0) is 18.3 Å². The van der Waals surface area contributed by atoms with E-state index in [9.17, 15) is 4.79 Å². The standard InChI is InChI=1S/C15H24N4O/c1-19-10-12(8-18-19)5-7-17-14(20)15-6-3-2-4-13(15)9-16-11-15/h8,10,13,16H,2-7,9,11H2,1H3,(H,17,20)/t13-,15+/m0/s1. The maximum atomic E-state index is 12.6. The smallest absolute Gasteiger partial charge is 0.227 e. The first-order valence-corrected chi connectivity index (χ1v) is 7.67. The summed E-state index contributed by atoms with van der Waals surface area (Å²) in [4.78, 5) is 12.6. The van der Waals surface area contributed by atoms with E-state index in [1.807, 2.05) is 19.4 Å². The second kappa shape index (κ2) is 5.56. The Bertz CT molecular complexity index is 484. The monoisotopic (exact) mass is 276 g/mol. The van der Waals surface area contributed by atoms with E-state index in [1.165, 1.54) is 24.8 Å². The highest BCUT2D eigenvalue weighted by atomic mass is 16.2. The zero-order valence-electron chi connectivity index (χ0n) is 12.2. The molecule has 1 saturated heterocycles. The Morgan fingerprint density at radius 3 is 3.30 bits per heavy atom. The molecule has 1 amide bonds. The number of aryl methyl sites for hydroxylation is 1. The van der Waals surface area contributed by atoms with Gasteiger partial charge in [-0.05, 0) is 37.3 Å². The molecule has 110 valence electrons. The van der Waals surface area contributed by atoms with Crippen LogP contribution in [0.25, 0.3) is 0 Å². The summed E-state index contributed by atoms with van der Waals surface area (Å²) in [7, 11) is 1.91. The number of amides is 1. The predicted molar refractivity (Wildman–Crippen MR) is 77.2 cm³/mol. The van der Waals surface area contributed by atoms with E-state index in [1.54, 1.807) is 4.68 Å². The molecular formula is C15H24N4O. The van der Waals surface area contributed by atoms with Gasteiger partial charge in [-0.1, -0.05) is 12.8 Å². The highest BCUT2D eigenvalue weighted by Crippen LogP contribution is 2.43. The highest BCUT2D eigenvalue weighted by Gasteiger charge is 2.49. The fraction of sp³-hybridized carbons (Fsp3) is 0.733. The molecule has 1 aromatic rings. The highest BCUT2D eigenvalue weighted by molar-refractivity contribution is 5.83. The second-order valence-electron chi connectivity index (χ2n) is 6.26. The molecule has 20 heavy (non-hydrogen) atoms. The molecule has 2 N–H and O–H groups in total. The van der Waals surface area contributed by atoms with Crippen LogP contribution in [0.5, 0.6) is 0 Å². The van der Waals surface area contributed by atoms with Gasteiger partial charge in [0.25, 0.3) is 0 Å². The summed E-state index contributed by atoms with van der Waals surface area (Å²) < 4.78 is 1.80. The molecule has 0 aromatic carbocycles. The lowest BCUT2D eigenvalue weighted by Gasteiger charge is -2.37. The number of hydrogen-bond acceptors (Lipinski definition) is 3. The van der Waals surface area contributed by atoms with Gasteiger partial charge in [-0.15, -0.1) is 0 Å². The SMILES string of the molecule is Cn1cc(CCNC(=O)[C@@]23CCCC[C@H]2CNC3)cn1. The minimum Gasteiger partial charge on any atom is -0.355 e. The van der Waals surface area contributed by atoms with Gasteiger partial charge in [0.05, 0.1) is 11.6 Å². The van der Waals surface area contributed by atoms with Crippen molar-refractivity contribution in [1.82, 2.24) is 20.4 Å². The Morgan fingerprint density at radius 2 is 2.50 bits per heavy atom. The number of fused-ring (bicyclic) bond motifs is 1. The topological polar surface area (TPSA) is 59.0 Å². The van der Waals surface area contributed by atoms with Crippen molar-refractivity contribution in [2.24, 2.45) is 18.4 Å². The third-order valence-corrected chi connectivity index (χ3v) is 4.95. The zero-order valence-corrected chi connectivity index (χ0v) is 12.2. The summed E-state index contributed by atoms with van der Waals surface area (Å²) in [5, 5.41) is 10.7. The largest absolute Gasteiger partial charge is 0.355 e. The first-order chi connectivity index (χ1) is 9.71. The van der Waals surface area contributed by atoms with Crippen LogP contribution >= 0.6 is 0 Å². The maximum absolute atomic E-state index is 12.6. The molecule has 2 atom stereocenters. The van der Waals surface area contributed by atoms with Crippen LogP contribution in [0.1, 0.15) is 31.2 Å². The van der Waals surface area contributed by atoms with Gasteiger partial charge < -0.3 is 10.6 Å². The van der Waals surface area contributed by atoms with Gasteiger partial charge in [-0.25, -0.2) is 0 Å². The summed E-state index contributed by atoms with van der Waals surface area (Å²) in [6.45, 7) is 2.57. The Hall–Kier alpha value is -1.36. The van der Waals surface area contributed by atoms with Crippen molar-refractivity contribution in [3.8, 4) is 0 Å². The lowest BCUT2D eigenvalue weighted by Crippen LogP contribution is -2.48. The second-order valence-corrected chi connectivity index (χ2v) is 6.26. The van der Waals surface area contributed by atoms with Crippen molar-refractivity contribution < 1.29 is 4.79 Å². The minimum absolute atomic E-state index is 0.132. The average molecular weight is 276 g/mol. The molecule has 5 nitrogen and oxygen atoms in total. The Labute approximate surface area is 120 Å². The average Bonchev–Trinajstić information content (AvgIpc) is 3.05. The van der Waals surface area contributed by atoms with Crippen LogP contribution < -0.4 is 10.6 Å². The molecular weight excluding hydrogens is 252 g/mol. The predicted octanol–water partition coefficient (Wildman–Crippen LogP) is 0.859. The fourth-order valence-corrected chi connectivity index (χ4v) is 3.79. The quantitative estimate of drug-likeness (QED) is 0.857. The van der Waals surface area contributed by atoms with Crippen LogP contribution in [0.3, 0.4) is 0 Å². The summed E-state index contributed by atoms with van der Waals surface area (Å²) >= 11 is 0. The first kappa shape index (κ1) is 13.6. The van der Waals surface area contributed by atoms with E-state index in [0.717, 1.165) is 25.9 Å². The van der Waals surface area contributed by atoms with E-state index >= 15 is 0 Å². The number of carbonyl (C=O) groups excluding carboxylic acids is 1. The number of nitrogens with one attached hydrogen (secondary N) is 2. The molecule has 0 unspecified atom stereocenters. The molecule has 0 spiro atoms. The molecule has 1 saturated carbocycles. The Morgan fingerprint density at radius 1 is 1.60 bits per heavy atom. The van der Waals surface area contributed by atoms with Crippen molar-refractivity contribution in [2.45, 2.75) is 32.1 Å². The van der Waals surface area contributed by atoms with Gasteiger partial charge in [-0.2, -0.15) is 5.10 Å². The summed E-state index contributed by atoms with van der Waals surface area (Å²) in [5.74, 6) is 0.797. The van der Waals surface area contributed by atoms with Gasteiger partial charge >= 0.3 is 0 Å². The van der Waals surface area contributed by atoms with Crippen LogP contribution in [0.2, 0.25) is 0 Å². The lowest BCUT2D eigenvalue weighted by atomic mass is 9.67. The summed E-state index contributed by atoms with van der Waals surface area (Å²) in [5.41, 5.74) is 1.04. The zero-order chi connectivity index (χ0) is 14.0. The van der Waals surface area contributed by atoms with E-state index in [-0.39, 0.29) is 11.3 Å². The van der Waals surface area contributed by atoms with Crippen molar-refractivity contribution in [2.75, 3.05) is 19.6 Å². The molecule has 2 fully saturated rings. The van der Waals surface area contributed by atoms with Gasteiger partial charge in [0.2, 0.25) is 5.91 Å². The molecule has 1 aromatic heterocycles. The van der Waals surface area contributed by atoms with Gasteiger partial charge in [-0.3, -0.25) is 9.48 Å². The summed E-state index contributed by atoms with van der Waals surface area (Å²) in [6.07, 6.45) is 9.43. The van der Waals surface area contributed by atoms with Gasteiger partial charge in [0.15, 0.2) is 0 Å². The third kappa shape index (κ3) is 2.46. The number of nitrogens with zero attached hydrogens (tertiary/aromatic N) is 2. The minimum atomic E-state index is -0.132. The molecule has 1 aliphatic carbocycles. The first-order valence-electron chi connectivity index (χ1n) is 7.67. The third-order valence-electron chi connectivity index (χ3n) is 4.95. The summed E-state index contributed by atoms with van der Waals surface area (Å²) in [6, 6.07) is 0. The van der Waals surface area contributed by atoms with Crippen molar-refractivity contribution in [3.63, 3.8) is 0 Å². The Balaban J connectivity index is 1.55. The van der Waals surface area contributed by atoms with E-state index in [0.29, 0.717) is 12.5 Å². The van der Waals surface area contributed by atoms with Crippen molar-refractivity contribution in [1.29, 1.82) is 0 Å². The molecule has 5 heteroatoms. The van der Waals surface area contributed by atoms with Gasteiger partial charge in [0, 0.05) is 26.3 Å². The Kier molecular flexibility index (Phi) is 3.78. The number of aromatic nitrogens is 2. The molecule has 0 bridgehead atoms. The van der Waals surface area contributed by atoms with Gasteiger partial charge in [0.1, 0.15) is 0 Å². The molecule has 0 radical (unpaired) electrons. The number of hydrogen-bond donors (Lipinski definition) is 2. The number of rotatable bonds is 4. The van der Waals surface area contributed by atoms with Crippen molar-refractivity contribution >= 4 is 5.91 Å². The van der Waals surface area contributed by atoms with E-state index in [4.69, 9.17) is 0 Å². The number of carbonyl (C=O) groups is 1. The van der Waals surface area contributed by atoms with E-state index in [2.05, 4.69) is 15.7 Å². The molecule has 2 heterocycles. The lowest BCUT2D eigenvalue weighted by molar-refractivity contribution is -0.133. The molecule has 1 aliphatic heterocycles. The van der Waals surface area contributed by atoms with Crippen LogP contribution in [0.4, 0.5) is 0 Å². The van der Waals surface area contributed by atoms with Crippen LogP contribution in [0.15, 0.2) is 12.4 Å². The molecule has 3 rings (SSSR count). The molecule has 2 aliphatic rings. The van der Waals surface area contributed by atoms with Crippen LogP contribution in [0, 0.1) is 11.3 Å². The normalized spacial score (nSPS) is 29.1. The fourth-order valence-electron chi connectivity index (χ4n) is 3.79. The van der Waals surface area contributed by atoms with E-state index < -0.39 is 0 Å². The maximum Gasteiger partial charge on any atom is 0.227 e.